The molecule has 3 heterocycles. The van der Waals surface area contributed by atoms with E-state index in [-0.39, 0.29) is 12.3 Å². The lowest BCUT2D eigenvalue weighted by Crippen LogP contribution is -2.14. The van der Waals surface area contributed by atoms with Crippen molar-refractivity contribution in [1.29, 1.82) is 0 Å². The Bertz CT molecular complexity index is 1210. The number of nitrogens with one attached hydrogen (secondary N) is 1. The molecule has 0 fully saturated rings. The number of benzene rings is 1. The molecule has 1 aromatic carbocycles. The van der Waals surface area contributed by atoms with E-state index >= 15 is 0 Å². The molecule has 3 N–H and O–H groups in total. The van der Waals surface area contributed by atoms with Gasteiger partial charge in [0.1, 0.15) is 4.83 Å². The number of primary amides is 1. The van der Waals surface area contributed by atoms with Gasteiger partial charge in [-0.15, -0.1) is 22.7 Å². The van der Waals surface area contributed by atoms with E-state index in [1.165, 1.54) is 22.7 Å². The summed E-state index contributed by atoms with van der Waals surface area (Å²) in [6.45, 7) is 2.51. The lowest BCUT2D eigenvalue weighted by molar-refractivity contribution is -0.117. The molecule has 0 saturated carbocycles. The summed E-state index contributed by atoms with van der Waals surface area (Å²) >= 11 is 8.59. The molecule has 29 heavy (non-hydrogen) atoms. The van der Waals surface area contributed by atoms with Crippen molar-refractivity contribution in [2.75, 3.05) is 5.32 Å². The number of amides is 2. The zero-order valence-corrected chi connectivity index (χ0v) is 17.7. The SMILES string of the molecule is Cc1nn(Cc2ccc(Cl)cc2)c2sc(C(=O)Nc3nc(CC(N)=O)cs3)cc12. The van der Waals surface area contributed by atoms with Crippen LogP contribution in [0, 0.1) is 6.92 Å². The van der Waals surface area contributed by atoms with Crippen LogP contribution in [-0.2, 0) is 17.8 Å². The topological polar surface area (TPSA) is 103 Å². The molecule has 0 spiro atoms. The largest absolute Gasteiger partial charge is 0.369 e. The predicted octanol–water partition coefficient (Wildman–Crippen LogP) is 3.84. The van der Waals surface area contributed by atoms with Gasteiger partial charge < -0.3 is 5.73 Å². The van der Waals surface area contributed by atoms with Crippen LogP contribution in [0.25, 0.3) is 10.2 Å². The molecule has 0 atom stereocenters. The molecule has 2 amide bonds. The van der Waals surface area contributed by atoms with Crippen molar-refractivity contribution < 1.29 is 9.59 Å². The predicted molar refractivity (Wildman–Crippen MR) is 116 cm³/mol. The Labute approximate surface area is 179 Å². The highest BCUT2D eigenvalue weighted by Crippen LogP contribution is 2.30. The summed E-state index contributed by atoms with van der Waals surface area (Å²) in [5.41, 5.74) is 7.65. The van der Waals surface area contributed by atoms with E-state index in [1.807, 2.05) is 41.9 Å². The number of thiazole rings is 1. The van der Waals surface area contributed by atoms with Crippen LogP contribution in [0.2, 0.25) is 5.02 Å². The number of fused-ring (bicyclic) bond motifs is 1. The number of rotatable bonds is 6. The maximum absolute atomic E-state index is 12.7. The first-order valence-electron chi connectivity index (χ1n) is 8.64. The standard InChI is InChI=1S/C19H16ClN5O2S2/c1-10-14-7-15(17(27)23-19-22-13(9-28-19)6-16(21)26)29-18(14)25(24-10)8-11-2-4-12(20)5-3-11/h2-5,7,9H,6,8H2,1H3,(H2,21,26)(H,22,23,27). The number of aryl methyl sites for hydroxylation is 1. The fourth-order valence-electron chi connectivity index (χ4n) is 2.88. The summed E-state index contributed by atoms with van der Waals surface area (Å²) in [4.78, 5) is 29.4. The molecule has 4 rings (SSSR count). The number of thiophene rings is 1. The summed E-state index contributed by atoms with van der Waals surface area (Å²) < 4.78 is 1.89. The number of nitrogens with two attached hydrogens (primary N) is 1. The van der Waals surface area contributed by atoms with Crippen molar-refractivity contribution in [3.8, 4) is 0 Å². The maximum atomic E-state index is 12.7. The average Bonchev–Trinajstić information content (AvgIpc) is 3.35. The monoisotopic (exact) mass is 445 g/mol. The van der Waals surface area contributed by atoms with Crippen molar-refractivity contribution in [2.45, 2.75) is 19.9 Å². The summed E-state index contributed by atoms with van der Waals surface area (Å²) in [5, 5.41) is 11.1. The lowest BCUT2D eigenvalue weighted by atomic mass is 10.2. The number of carbonyl (C=O) groups is 2. The van der Waals surface area contributed by atoms with Crippen LogP contribution < -0.4 is 11.1 Å². The van der Waals surface area contributed by atoms with E-state index in [2.05, 4.69) is 15.4 Å². The zero-order valence-electron chi connectivity index (χ0n) is 15.3. The molecule has 0 aliphatic rings. The molecule has 0 aliphatic heterocycles. The molecule has 0 aliphatic carbocycles. The molecule has 7 nitrogen and oxygen atoms in total. The van der Waals surface area contributed by atoms with Gasteiger partial charge in [0.05, 0.1) is 29.2 Å². The first-order valence-corrected chi connectivity index (χ1v) is 10.7. The molecule has 148 valence electrons. The average molecular weight is 446 g/mol. The van der Waals surface area contributed by atoms with E-state index in [0.29, 0.717) is 27.3 Å². The summed E-state index contributed by atoms with van der Waals surface area (Å²) in [7, 11) is 0. The Kier molecular flexibility index (Phi) is 5.35. The summed E-state index contributed by atoms with van der Waals surface area (Å²) in [5.74, 6) is -0.706. The Morgan fingerprint density at radius 2 is 2.03 bits per heavy atom. The van der Waals surface area contributed by atoms with Crippen LogP contribution in [0.5, 0.6) is 0 Å². The van der Waals surface area contributed by atoms with Crippen LogP contribution in [-0.4, -0.2) is 26.6 Å². The van der Waals surface area contributed by atoms with Crippen molar-refractivity contribution >= 4 is 61.4 Å². The smallest absolute Gasteiger partial charge is 0.267 e. The third kappa shape index (κ3) is 4.31. The number of nitrogens with zero attached hydrogens (tertiary/aromatic N) is 3. The van der Waals surface area contributed by atoms with Crippen LogP contribution in [0.15, 0.2) is 35.7 Å². The molecule has 0 unspecified atom stereocenters. The zero-order chi connectivity index (χ0) is 20.5. The molecule has 10 heteroatoms. The minimum Gasteiger partial charge on any atom is -0.369 e. The van der Waals surface area contributed by atoms with Crippen LogP contribution in [0.4, 0.5) is 5.13 Å². The van der Waals surface area contributed by atoms with Crippen molar-refractivity contribution in [3.05, 3.63) is 62.6 Å². The van der Waals surface area contributed by atoms with E-state index < -0.39 is 5.91 Å². The van der Waals surface area contributed by atoms with Gasteiger partial charge >= 0.3 is 0 Å². The van der Waals surface area contributed by atoms with Crippen LogP contribution >= 0.6 is 34.3 Å². The normalized spacial score (nSPS) is 11.1. The van der Waals surface area contributed by atoms with Crippen LogP contribution in [0.1, 0.15) is 26.6 Å². The first-order chi connectivity index (χ1) is 13.9. The molecular formula is C19H16ClN5O2S2. The van der Waals surface area contributed by atoms with Gasteiger partial charge in [-0.3, -0.25) is 19.6 Å². The van der Waals surface area contributed by atoms with E-state index in [0.717, 1.165) is 21.5 Å². The van der Waals surface area contributed by atoms with Crippen molar-refractivity contribution in [2.24, 2.45) is 5.73 Å². The van der Waals surface area contributed by atoms with Crippen molar-refractivity contribution in [1.82, 2.24) is 14.8 Å². The fourth-order valence-corrected chi connectivity index (χ4v) is 4.76. The molecule has 3 aromatic heterocycles. The highest BCUT2D eigenvalue weighted by Gasteiger charge is 2.18. The second-order valence-corrected chi connectivity index (χ2v) is 8.77. The van der Waals surface area contributed by atoms with Crippen molar-refractivity contribution in [3.63, 3.8) is 0 Å². The van der Waals surface area contributed by atoms with Gasteiger partial charge in [0.25, 0.3) is 5.91 Å². The molecular weight excluding hydrogens is 430 g/mol. The minimum absolute atomic E-state index is 0.0506. The Morgan fingerprint density at radius 3 is 2.76 bits per heavy atom. The second-order valence-electron chi connectivity index (χ2n) is 6.44. The first kappa shape index (κ1) is 19.6. The number of carbonyl (C=O) groups excluding carboxylic acids is 2. The number of halogens is 1. The summed E-state index contributed by atoms with van der Waals surface area (Å²) in [6, 6.07) is 9.45. The molecule has 4 aromatic rings. The van der Waals surface area contributed by atoms with E-state index in [1.54, 1.807) is 5.38 Å². The van der Waals surface area contributed by atoms with Gasteiger partial charge in [-0.2, -0.15) is 5.10 Å². The third-order valence-corrected chi connectivity index (χ3v) is 6.41. The number of hydrogen-bond donors (Lipinski definition) is 2. The fraction of sp³-hybridized carbons (Fsp3) is 0.158. The maximum Gasteiger partial charge on any atom is 0.267 e. The number of hydrogen-bond acceptors (Lipinski definition) is 6. The van der Waals surface area contributed by atoms with Gasteiger partial charge in [-0.05, 0) is 30.7 Å². The Hall–Kier alpha value is -2.75. The van der Waals surface area contributed by atoms with Gasteiger partial charge in [0, 0.05) is 15.8 Å². The van der Waals surface area contributed by atoms with Crippen LogP contribution in [0.3, 0.4) is 0 Å². The minimum atomic E-state index is -0.460. The number of anilines is 1. The van der Waals surface area contributed by atoms with E-state index in [4.69, 9.17) is 17.3 Å². The summed E-state index contributed by atoms with van der Waals surface area (Å²) in [6.07, 6.45) is 0.0506. The molecule has 0 radical (unpaired) electrons. The van der Waals surface area contributed by atoms with Gasteiger partial charge in [0.15, 0.2) is 5.13 Å². The molecule has 0 bridgehead atoms. The van der Waals surface area contributed by atoms with E-state index in [9.17, 15) is 9.59 Å². The number of aromatic nitrogens is 3. The Balaban J connectivity index is 1.55. The highest BCUT2D eigenvalue weighted by atomic mass is 35.5. The third-order valence-electron chi connectivity index (χ3n) is 4.20. The second kappa shape index (κ2) is 7.94. The van der Waals surface area contributed by atoms with Gasteiger partial charge in [-0.1, -0.05) is 23.7 Å². The lowest BCUT2D eigenvalue weighted by Gasteiger charge is -2.03. The highest BCUT2D eigenvalue weighted by molar-refractivity contribution is 7.20. The van der Waals surface area contributed by atoms with Gasteiger partial charge in [-0.25, -0.2) is 4.98 Å². The van der Waals surface area contributed by atoms with Gasteiger partial charge in [0.2, 0.25) is 5.91 Å². The quantitative estimate of drug-likeness (QED) is 0.470. The Morgan fingerprint density at radius 1 is 1.28 bits per heavy atom. The molecule has 0 saturated heterocycles.